The van der Waals surface area contributed by atoms with Gasteiger partial charge in [0.1, 0.15) is 12.6 Å². The van der Waals surface area contributed by atoms with Crippen molar-refractivity contribution in [2.24, 2.45) is 4.99 Å². The van der Waals surface area contributed by atoms with Crippen LogP contribution in [0.5, 0.6) is 11.5 Å². The zero-order chi connectivity index (χ0) is 25.8. The fourth-order valence-corrected chi connectivity index (χ4v) is 5.31. The van der Waals surface area contributed by atoms with Gasteiger partial charge in [-0.05, 0) is 30.7 Å². The lowest BCUT2D eigenvalue weighted by molar-refractivity contribution is -0.140. The molecule has 0 saturated heterocycles. The number of aromatic nitrogens is 1. The minimum atomic E-state index is -0.806. The van der Waals surface area contributed by atoms with Gasteiger partial charge in [0.2, 0.25) is 0 Å². The molecule has 0 amide bonds. The Morgan fingerprint density at radius 3 is 2.58 bits per heavy atom. The first-order valence-corrected chi connectivity index (χ1v) is 12.2. The molecule has 1 aliphatic heterocycles. The van der Waals surface area contributed by atoms with E-state index in [1.54, 1.807) is 57.6 Å². The first-order chi connectivity index (χ1) is 17.4. The van der Waals surface area contributed by atoms with Crippen LogP contribution in [0.1, 0.15) is 24.1 Å². The van der Waals surface area contributed by atoms with Gasteiger partial charge in [-0.2, -0.15) is 0 Å². The zero-order valence-electron chi connectivity index (χ0n) is 20.2. The van der Waals surface area contributed by atoms with Crippen molar-refractivity contribution in [2.45, 2.75) is 13.0 Å². The summed E-state index contributed by atoms with van der Waals surface area (Å²) < 4.78 is 23.2. The van der Waals surface area contributed by atoms with E-state index < -0.39 is 12.0 Å². The summed E-state index contributed by atoms with van der Waals surface area (Å²) in [5, 5.41) is 0.420. The number of thiazole rings is 1. The average molecular weight is 529 g/mol. The largest absolute Gasteiger partial charge is 0.493 e. The molecule has 1 aliphatic rings. The number of carbonyl (C=O) groups excluding carboxylic acids is 1. The average Bonchev–Trinajstić information content (AvgIpc) is 3.17. The molecule has 0 radical (unpaired) electrons. The number of ether oxygens (including phenoxy) is 4. The Hall–Kier alpha value is -3.40. The monoisotopic (exact) mass is 528 g/mol. The number of hydrogen-bond donors (Lipinski definition) is 0. The molecule has 0 unspecified atom stereocenters. The van der Waals surface area contributed by atoms with Gasteiger partial charge in [-0.15, -0.1) is 0 Å². The number of nitrogens with zero attached hydrogens (tertiary/aromatic N) is 2. The van der Waals surface area contributed by atoms with E-state index in [2.05, 4.69) is 4.99 Å². The van der Waals surface area contributed by atoms with Crippen LogP contribution in [0, 0.1) is 0 Å². The van der Waals surface area contributed by atoms with Crippen molar-refractivity contribution in [1.82, 2.24) is 4.57 Å². The summed E-state index contributed by atoms with van der Waals surface area (Å²) >= 11 is 7.77. The molecule has 4 rings (SSSR count). The number of para-hydroxylation sites is 1. The molecule has 8 nitrogen and oxygen atoms in total. The Morgan fingerprint density at radius 2 is 1.89 bits per heavy atom. The molecule has 1 aromatic heterocycles. The van der Waals surface area contributed by atoms with Crippen LogP contribution in [0.4, 0.5) is 0 Å². The van der Waals surface area contributed by atoms with Crippen LogP contribution in [-0.4, -0.2) is 45.1 Å². The highest BCUT2D eigenvalue weighted by molar-refractivity contribution is 7.07. The maximum absolute atomic E-state index is 13.8. The number of hydrogen-bond acceptors (Lipinski definition) is 8. The standard InChI is InChI=1S/C26H25ClN2O6S/c1-15-21(25(31)35-13-12-32-2)22(17-9-5-6-10-18(17)27)29-24(30)20(36-26(29)28-15)14-16-8-7-11-19(33-3)23(16)34-4/h5-11,14,22H,12-13H2,1-4H3/b20-14-/t22-/m0/s1. The van der Waals surface area contributed by atoms with E-state index in [-0.39, 0.29) is 24.3 Å². The maximum Gasteiger partial charge on any atom is 0.338 e. The molecule has 2 heterocycles. The lowest BCUT2D eigenvalue weighted by Gasteiger charge is -2.25. The Balaban J connectivity index is 1.93. The highest BCUT2D eigenvalue weighted by Crippen LogP contribution is 2.35. The second kappa shape index (κ2) is 11.1. The van der Waals surface area contributed by atoms with E-state index in [1.165, 1.54) is 23.0 Å². The summed E-state index contributed by atoms with van der Waals surface area (Å²) in [5.41, 5.74) is 1.65. The summed E-state index contributed by atoms with van der Waals surface area (Å²) in [6.45, 7) is 2.04. The van der Waals surface area contributed by atoms with Crippen molar-refractivity contribution in [3.63, 3.8) is 0 Å². The number of fused-ring (bicyclic) bond motifs is 1. The van der Waals surface area contributed by atoms with E-state index in [9.17, 15) is 9.59 Å². The molecule has 0 aliphatic carbocycles. The first kappa shape index (κ1) is 25.7. The molecular formula is C26H25ClN2O6S. The lowest BCUT2D eigenvalue weighted by Crippen LogP contribution is -2.40. The van der Waals surface area contributed by atoms with Gasteiger partial charge in [0, 0.05) is 17.7 Å². The van der Waals surface area contributed by atoms with E-state index in [1.807, 2.05) is 12.1 Å². The first-order valence-electron chi connectivity index (χ1n) is 11.0. The van der Waals surface area contributed by atoms with Crippen molar-refractivity contribution in [2.75, 3.05) is 34.5 Å². The molecule has 2 aromatic carbocycles. The van der Waals surface area contributed by atoms with Gasteiger partial charge in [-0.1, -0.05) is 53.3 Å². The zero-order valence-corrected chi connectivity index (χ0v) is 21.8. The summed E-state index contributed by atoms with van der Waals surface area (Å²) in [4.78, 5) is 32.0. The van der Waals surface area contributed by atoms with Crippen molar-refractivity contribution < 1.29 is 23.7 Å². The second-order valence-electron chi connectivity index (χ2n) is 7.81. The SMILES string of the molecule is COCCOC(=O)C1=C(C)N=c2s/c(=C\c3cccc(OC)c3OC)c(=O)n2[C@H]1c1ccccc1Cl. The van der Waals surface area contributed by atoms with Crippen LogP contribution < -0.4 is 24.4 Å². The minimum absolute atomic E-state index is 0.0708. The molecule has 188 valence electrons. The van der Waals surface area contributed by atoms with Gasteiger partial charge >= 0.3 is 5.97 Å². The fourth-order valence-electron chi connectivity index (χ4n) is 4.04. The van der Waals surface area contributed by atoms with Crippen LogP contribution in [0.15, 0.2) is 63.5 Å². The van der Waals surface area contributed by atoms with E-state index in [0.717, 1.165) is 0 Å². The topological polar surface area (TPSA) is 88.4 Å². The normalized spacial score (nSPS) is 15.4. The molecule has 0 spiro atoms. The van der Waals surface area contributed by atoms with Crippen LogP contribution in [0.25, 0.3) is 6.08 Å². The quantitative estimate of drug-likeness (QED) is 0.330. The van der Waals surface area contributed by atoms with E-state index >= 15 is 0 Å². The number of rotatable bonds is 8. The predicted octanol–water partition coefficient (Wildman–Crippen LogP) is 3.10. The fraction of sp³-hybridized carbons (Fsp3) is 0.269. The van der Waals surface area contributed by atoms with Crippen molar-refractivity contribution in [3.05, 3.63) is 89.6 Å². The molecule has 1 atom stereocenters. The highest BCUT2D eigenvalue weighted by atomic mass is 35.5. The number of allylic oxidation sites excluding steroid dienone is 1. The molecule has 10 heteroatoms. The molecule has 0 saturated carbocycles. The molecule has 0 N–H and O–H groups in total. The lowest BCUT2D eigenvalue weighted by atomic mass is 9.96. The van der Waals surface area contributed by atoms with Gasteiger partial charge in [0.15, 0.2) is 16.3 Å². The number of benzene rings is 2. The summed E-state index contributed by atoms with van der Waals surface area (Å²) in [6, 6.07) is 11.7. The van der Waals surface area contributed by atoms with Crippen molar-refractivity contribution >= 4 is 35.0 Å². The van der Waals surface area contributed by atoms with Crippen LogP contribution in [0.3, 0.4) is 0 Å². The predicted molar refractivity (Wildman–Crippen MR) is 138 cm³/mol. The van der Waals surface area contributed by atoms with Gasteiger partial charge in [0.25, 0.3) is 5.56 Å². The number of halogens is 1. The van der Waals surface area contributed by atoms with Gasteiger partial charge in [-0.3, -0.25) is 9.36 Å². The summed E-state index contributed by atoms with van der Waals surface area (Å²) in [7, 11) is 4.61. The van der Waals surface area contributed by atoms with Gasteiger partial charge in [0.05, 0.1) is 36.6 Å². The van der Waals surface area contributed by atoms with Crippen molar-refractivity contribution in [1.29, 1.82) is 0 Å². The molecule has 0 fully saturated rings. The Labute approximate surface area is 216 Å². The van der Waals surface area contributed by atoms with Crippen LogP contribution in [0.2, 0.25) is 5.02 Å². The third-order valence-electron chi connectivity index (χ3n) is 5.68. The Bertz CT molecular complexity index is 1510. The summed E-state index contributed by atoms with van der Waals surface area (Å²) in [5.74, 6) is 0.471. The number of methoxy groups -OCH3 is 3. The van der Waals surface area contributed by atoms with Crippen molar-refractivity contribution in [3.8, 4) is 11.5 Å². The van der Waals surface area contributed by atoms with E-state index in [4.69, 9.17) is 30.5 Å². The minimum Gasteiger partial charge on any atom is -0.493 e. The second-order valence-corrected chi connectivity index (χ2v) is 9.23. The van der Waals surface area contributed by atoms with E-state index in [0.29, 0.717) is 42.7 Å². The van der Waals surface area contributed by atoms with Gasteiger partial charge in [-0.25, -0.2) is 9.79 Å². The number of esters is 1. The van der Waals surface area contributed by atoms with Gasteiger partial charge < -0.3 is 18.9 Å². The smallest absolute Gasteiger partial charge is 0.338 e. The molecule has 3 aromatic rings. The molecule has 36 heavy (non-hydrogen) atoms. The third-order valence-corrected chi connectivity index (χ3v) is 7.01. The molecular weight excluding hydrogens is 504 g/mol. The third kappa shape index (κ3) is 4.82. The Kier molecular flexibility index (Phi) is 7.93. The summed E-state index contributed by atoms with van der Waals surface area (Å²) in [6.07, 6.45) is 1.73. The maximum atomic E-state index is 13.8. The molecule has 0 bridgehead atoms. The van der Waals surface area contributed by atoms with Crippen LogP contribution >= 0.6 is 22.9 Å². The Morgan fingerprint density at radius 1 is 1.11 bits per heavy atom. The van der Waals surface area contributed by atoms with Crippen LogP contribution in [-0.2, 0) is 14.3 Å². The highest BCUT2D eigenvalue weighted by Gasteiger charge is 2.34. The number of carbonyl (C=O) groups is 1.